The molecule has 0 aromatic heterocycles. The van der Waals surface area contributed by atoms with Gasteiger partial charge in [0.2, 0.25) is 21.8 Å². The van der Waals surface area contributed by atoms with Crippen molar-refractivity contribution in [1.82, 2.24) is 20.3 Å². The van der Waals surface area contributed by atoms with E-state index >= 15 is 0 Å². The lowest BCUT2D eigenvalue weighted by atomic mass is 9.85. The molecule has 0 aromatic carbocycles. The molecule has 0 aromatic rings. The third-order valence-corrected chi connectivity index (χ3v) is 8.57. The molecular weight excluding hydrogens is 516 g/mol. The molecule has 1 heterocycles. The first-order valence-electron chi connectivity index (χ1n) is 12.6. The van der Waals surface area contributed by atoms with E-state index in [1.54, 1.807) is 41.5 Å². The van der Waals surface area contributed by atoms with E-state index in [2.05, 4.69) is 21.9 Å². The average Bonchev–Trinajstić information content (AvgIpc) is 3.66. The highest BCUT2D eigenvalue weighted by Crippen LogP contribution is 2.45. The van der Waals surface area contributed by atoms with E-state index in [0.717, 1.165) is 4.90 Å². The molecular formula is C25H44N4O8S. The van der Waals surface area contributed by atoms with Crippen molar-refractivity contribution in [3.8, 4) is 0 Å². The number of carbonyl (C=O) groups is 5. The van der Waals surface area contributed by atoms with Crippen LogP contribution < -0.4 is 15.4 Å². The lowest BCUT2D eigenvalue weighted by Crippen LogP contribution is -2.60. The third kappa shape index (κ3) is 6.54. The van der Waals surface area contributed by atoms with Crippen molar-refractivity contribution < 1.29 is 41.4 Å². The van der Waals surface area contributed by atoms with Crippen LogP contribution in [0.2, 0.25) is 0 Å². The Hall–Kier alpha value is -2.96. The van der Waals surface area contributed by atoms with E-state index in [1.165, 1.54) is 6.08 Å². The predicted molar refractivity (Wildman–Crippen MR) is 143 cm³/mol. The highest BCUT2D eigenvalue weighted by atomic mass is 32.2. The van der Waals surface area contributed by atoms with Crippen LogP contribution in [0.1, 0.15) is 71.5 Å². The van der Waals surface area contributed by atoms with Crippen molar-refractivity contribution in [2.75, 3.05) is 6.54 Å². The van der Waals surface area contributed by atoms with Crippen LogP contribution in [-0.2, 0) is 33.9 Å². The number of ketones is 1. The van der Waals surface area contributed by atoms with Gasteiger partial charge in [0.15, 0.2) is 5.78 Å². The van der Waals surface area contributed by atoms with Gasteiger partial charge in [-0.25, -0.2) is 13.2 Å². The Bertz CT molecular complexity index is 1160. The summed E-state index contributed by atoms with van der Waals surface area (Å²) in [6.07, 6.45) is 1.40. The maximum atomic E-state index is 13.6. The van der Waals surface area contributed by atoms with E-state index in [9.17, 15) is 32.4 Å². The number of hydrogen-bond donors (Lipinski definition) is 3. The number of ether oxygens (including phenoxy) is 1. The number of alkyl carbamates (subject to hydrolysis) is 1. The van der Waals surface area contributed by atoms with Crippen molar-refractivity contribution in [2.24, 2.45) is 11.3 Å². The first-order chi connectivity index (χ1) is 17.3. The number of amides is 4. The second kappa shape index (κ2) is 9.97. The van der Waals surface area contributed by atoms with E-state index in [-0.39, 0.29) is 29.4 Å². The zero-order valence-corrected chi connectivity index (χ0v) is 23.6. The zero-order chi connectivity index (χ0) is 28.8. The Morgan fingerprint density at radius 2 is 1.76 bits per heavy atom. The van der Waals surface area contributed by atoms with Gasteiger partial charge < -0.3 is 20.3 Å². The Labute approximate surface area is 227 Å². The molecule has 3 fully saturated rings. The van der Waals surface area contributed by atoms with Crippen molar-refractivity contribution in [3.05, 3.63) is 12.7 Å². The summed E-state index contributed by atoms with van der Waals surface area (Å²) in [6.45, 7) is 13.5. The van der Waals surface area contributed by atoms with Crippen molar-refractivity contribution in [2.45, 2.75) is 95.7 Å². The average molecular weight is 561 g/mol. The first kappa shape index (κ1) is 29.6. The lowest BCUT2D eigenvalue weighted by Gasteiger charge is -2.35. The molecule has 218 valence electrons. The van der Waals surface area contributed by atoms with Gasteiger partial charge in [0, 0.05) is 16.6 Å². The Morgan fingerprint density at radius 3 is 2.24 bits per heavy atom. The Kier molecular flexibility index (Phi) is 7.77. The van der Waals surface area contributed by atoms with E-state index in [1.807, 2.05) is 0 Å². The van der Waals surface area contributed by atoms with Gasteiger partial charge in [-0.05, 0) is 45.4 Å². The van der Waals surface area contributed by atoms with Crippen molar-refractivity contribution in [1.29, 1.82) is 0 Å². The minimum atomic E-state index is -3.86. The minimum absolute atomic E-state index is 0. The number of nitrogens with zero attached hydrogens (tertiary/aromatic N) is 1. The van der Waals surface area contributed by atoms with E-state index in [4.69, 9.17) is 4.74 Å². The lowest BCUT2D eigenvalue weighted by molar-refractivity contribution is -0.143. The summed E-state index contributed by atoms with van der Waals surface area (Å²) in [5.41, 5.74) is -3.15. The minimum Gasteiger partial charge on any atom is -0.444 e. The fraction of sp³-hybridized carbons (Fsp3) is 0.720. The summed E-state index contributed by atoms with van der Waals surface area (Å²) in [4.78, 5) is 65.9. The molecule has 0 radical (unpaired) electrons. The number of rotatable bonds is 8. The first-order valence-corrected chi connectivity index (χ1v) is 14.2. The highest BCUT2D eigenvalue weighted by molar-refractivity contribution is 7.91. The smallest absolute Gasteiger partial charge is 0.408 e. The van der Waals surface area contributed by atoms with Gasteiger partial charge in [-0.15, -0.1) is 6.58 Å². The van der Waals surface area contributed by atoms with Crippen LogP contribution >= 0.6 is 0 Å². The molecule has 38 heavy (non-hydrogen) atoms. The van der Waals surface area contributed by atoms with Gasteiger partial charge in [0.25, 0.3) is 5.91 Å². The maximum Gasteiger partial charge on any atom is 0.408 e. The molecule has 3 aliphatic rings. The van der Waals surface area contributed by atoms with Crippen LogP contribution in [0, 0.1) is 11.3 Å². The number of Topliss-reactive ketones (excluding diaryl/α,β-unsaturated/α-hetero) is 1. The Morgan fingerprint density at radius 1 is 1.16 bits per heavy atom. The Balaban J connectivity index is 0.00000533. The van der Waals surface area contributed by atoms with Gasteiger partial charge in [-0.2, -0.15) is 0 Å². The fourth-order valence-electron chi connectivity index (χ4n) is 4.42. The number of sulfonamides is 1. The molecule has 0 spiro atoms. The van der Waals surface area contributed by atoms with Gasteiger partial charge in [-0.3, -0.25) is 23.9 Å². The van der Waals surface area contributed by atoms with E-state index in [0.29, 0.717) is 12.8 Å². The summed E-state index contributed by atoms with van der Waals surface area (Å²) in [5.74, 6) is -3.17. The quantitative estimate of drug-likeness (QED) is 0.375. The molecule has 0 bridgehead atoms. The largest absolute Gasteiger partial charge is 0.444 e. The third-order valence-electron chi connectivity index (χ3n) is 6.75. The number of likely N-dealkylation sites (tertiary alicyclic amines) is 1. The van der Waals surface area contributed by atoms with Crippen LogP contribution in [0.15, 0.2) is 12.7 Å². The van der Waals surface area contributed by atoms with Crippen molar-refractivity contribution in [3.63, 3.8) is 0 Å². The van der Waals surface area contributed by atoms with E-state index < -0.39 is 73.6 Å². The number of nitrogens with one attached hydrogen (secondary N) is 3. The summed E-state index contributed by atoms with van der Waals surface area (Å²) in [5, 5.41) is 4.53. The molecule has 1 saturated heterocycles. The zero-order valence-electron chi connectivity index (χ0n) is 22.8. The van der Waals surface area contributed by atoms with Gasteiger partial charge in [0.1, 0.15) is 23.2 Å². The monoisotopic (exact) mass is 560 g/mol. The van der Waals surface area contributed by atoms with Crippen molar-refractivity contribution >= 4 is 39.6 Å². The molecule has 0 unspecified atom stereocenters. The van der Waals surface area contributed by atoms with Crippen LogP contribution in [0.25, 0.3) is 0 Å². The summed E-state index contributed by atoms with van der Waals surface area (Å²) in [7, 11) is -3.86. The second-order valence-electron chi connectivity index (χ2n) is 12.4. The van der Waals surface area contributed by atoms with Crippen LogP contribution in [0.4, 0.5) is 4.79 Å². The van der Waals surface area contributed by atoms with Gasteiger partial charge >= 0.3 is 6.09 Å². The maximum absolute atomic E-state index is 13.6. The summed E-state index contributed by atoms with van der Waals surface area (Å²) < 4.78 is 32.0. The molecule has 3 rings (SSSR count). The summed E-state index contributed by atoms with van der Waals surface area (Å²) >= 11 is 0. The van der Waals surface area contributed by atoms with Crippen LogP contribution in [-0.4, -0.2) is 77.9 Å². The van der Waals surface area contributed by atoms with Crippen LogP contribution in [0.5, 0.6) is 0 Å². The molecule has 1 aliphatic heterocycles. The van der Waals surface area contributed by atoms with Crippen LogP contribution in [0.3, 0.4) is 0 Å². The SMILES string of the molecule is C=C[C@@H]1C[C@]1(NC(=O)[C@@H]1CC(=O)CN1C(=O)[C@@H](NC(=O)OC(C)(C)C)C(C)(C)C)C(=O)NS(=O)(=O)C1CC1.[HH].[HH].[HH]. The predicted octanol–water partition coefficient (Wildman–Crippen LogP) is 1.50. The number of carbonyl (C=O) groups excluding carboxylic acids is 5. The van der Waals surface area contributed by atoms with Gasteiger partial charge in [-0.1, -0.05) is 26.8 Å². The molecule has 4 atom stereocenters. The molecule has 2 saturated carbocycles. The number of hydrogen-bond acceptors (Lipinski definition) is 8. The topological polar surface area (TPSA) is 168 Å². The normalized spacial score (nSPS) is 26.3. The molecule has 13 heteroatoms. The molecule has 3 N–H and O–H groups in total. The molecule has 12 nitrogen and oxygen atoms in total. The molecule has 4 amide bonds. The van der Waals surface area contributed by atoms with Gasteiger partial charge in [0.05, 0.1) is 11.8 Å². The standard InChI is InChI=1S/C25H38N4O8S.3H2/c1-8-14-12-25(14,21(33)28-38(35,36)16-9-10-16)27-19(31)17-11-15(30)13-29(17)20(32)18(23(2,3)4)26-22(34)37-24(5,6)7;;;/h8,14,16-18H,1,9-13H2,2-7H3,(H,26,34)(H,27,31)(H,28,33);3*1H/t14-,17+,18-,25-;;;/m1.../s1. The summed E-state index contributed by atoms with van der Waals surface area (Å²) in [6, 6.07) is -2.36. The second-order valence-corrected chi connectivity index (χ2v) is 14.3. The fourth-order valence-corrected chi connectivity index (χ4v) is 5.78. The molecule has 2 aliphatic carbocycles. The highest BCUT2D eigenvalue weighted by Gasteiger charge is 2.62.